The van der Waals surface area contributed by atoms with Crippen molar-refractivity contribution in [3.63, 3.8) is 0 Å². The second-order valence-electron chi connectivity index (χ2n) is 8.22. The number of likely N-dealkylation sites (tertiary alicyclic amines) is 1. The Balaban J connectivity index is 1.34. The lowest BCUT2D eigenvalue weighted by atomic mass is 9.99. The molecule has 4 nitrogen and oxygen atoms in total. The van der Waals surface area contributed by atoms with Crippen LogP contribution < -0.4 is 0 Å². The van der Waals surface area contributed by atoms with Crippen LogP contribution in [0.5, 0.6) is 0 Å². The molecular formula is C24H30N2O2. The highest BCUT2D eigenvalue weighted by atomic mass is 16.6. The lowest BCUT2D eigenvalue weighted by molar-refractivity contribution is 0.163. The summed E-state index contributed by atoms with van der Waals surface area (Å²) in [7, 11) is 1.81. The molecule has 2 atom stereocenters. The van der Waals surface area contributed by atoms with E-state index in [2.05, 4.69) is 60.4 Å². The van der Waals surface area contributed by atoms with E-state index >= 15 is 0 Å². The number of hydrogen-bond acceptors (Lipinski definition) is 3. The molecule has 2 fully saturated rings. The molecule has 28 heavy (non-hydrogen) atoms. The van der Waals surface area contributed by atoms with E-state index in [0.29, 0.717) is 6.61 Å². The van der Waals surface area contributed by atoms with Gasteiger partial charge in [-0.25, -0.2) is 4.79 Å². The maximum absolute atomic E-state index is 11.5. The van der Waals surface area contributed by atoms with Gasteiger partial charge in [0.2, 0.25) is 0 Å². The first-order valence-corrected chi connectivity index (χ1v) is 10.4. The van der Waals surface area contributed by atoms with Crippen molar-refractivity contribution in [2.75, 3.05) is 26.7 Å². The van der Waals surface area contributed by atoms with E-state index in [1.165, 1.54) is 41.6 Å². The summed E-state index contributed by atoms with van der Waals surface area (Å²) in [4.78, 5) is 15.8. The standard InChI is InChI=1S/C24H30N2O2/c1-18-4-3-14-26(18)15-13-19-5-9-21(10-6-19)22-11-7-20(8-12-22)16-23-17-28-24(27)25(23)2/h5-12,18,23H,3-4,13-17H2,1-2H3. The number of likely N-dealkylation sites (N-methyl/N-ethyl adjacent to an activating group) is 1. The summed E-state index contributed by atoms with van der Waals surface area (Å²) in [5.41, 5.74) is 5.13. The highest BCUT2D eigenvalue weighted by Crippen LogP contribution is 2.23. The molecular weight excluding hydrogens is 348 g/mol. The molecule has 0 saturated carbocycles. The molecule has 4 heteroatoms. The Morgan fingerprint density at radius 1 is 1.00 bits per heavy atom. The van der Waals surface area contributed by atoms with Crippen LogP contribution in [0.25, 0.3) is 11.1 Å². The Kier molecular flexibility index (Phi) is 5.67. The Morgan fingerprint density at radius 3 is 2.18 bits per heavy atom. The first-order valence-electron chi connectivity index (χ1n) is 10.4. The topological polar surface area (TPSA) is 32.8 Å². The normalized spacial score (nSPS) is 22.6. The summed E-state index contributed by atoms with van der Waals surface area (Å²) in [6.45, 7) is 5.24. The fourth-order valence-corrected chi connectivity index (χ4v) is 4.29. The predicted molar refractivity (Wildman–Crippen MR) is 112 cm³/mol. The third kappa shape index (κ3) is 4.22. The van der Waals surface area contributed by atoms with Gasteiger partial charge in [-0.1, -0.05) is 48.5 Å². The monoisotopic (exact) mass is 378 g/mol. The lowest BCUT2D eigenvalue weighted by Gasteiger charge is -2.20. The maximum Gasteiger partial charge on any atom is 0.409 e. The van der Waals surface area contributed by atoms with Gasteiger partial charge in [0, 0.05) is 19.6 Å². The number of hydrogen-bond donors (Lipinski definition) is 0. The van der Waals surface area contributed by atoms with Gasteiger partial charge in [0.25, 0.3) is 0 Å². The van der Waals surface area contributed by atoms with Crippen LogP contribution in [0.3, 0.4) is 0 Å². The van der Waals surface area contributed by atoms with Gasteiger partial charge in [0.15, 0.2) is 0 Å². The number of carbonyl (C=O) groups excluding carboxylic acids is 1. The smallest absolute Gasteiger partial charge is 0.409 e. The Labute approximate surface area is 168 Å². The highest BCUT2D eigenvalue weighted by Gasteiger charge is 2.29. The third-order valence-corrected chi connectivity index (χ3v) is 6.33. The third-order valence-electron chi connectivity index (χ3n) is 6.33. The average Bonchev–Trinajstić information content (AvgIpc) is 3.27. The Bertz CT molecular complexity index is 800. The van der Waals surface area contributed by atoms with Crippen LogP contribution in [0.15, 0.2) is 48.5 Å². The van der Waals surface area contributed by atoms with E-state index in [1.807, 2.05) is 0 Å². The summed E-state index contributed by atoms with van der Waals surface area (Å²) < 4.78 is 5.10. The minimum atomic E-state index is -0.221. The SMILES string of the molecule is CC1CCCN1CCc1ccc(-c2ccc(CC3COC(=O)N3C)cc2)cc1. The molecule has 0 bridgehead atoms. The number of benzene rings is 2. The van der Waals surface area contributed by atoms with E-state index in [1.54, 1.807) is 11.9 Å². The van der Waals surface area contributed by atoms with Crippen molar-refractivity contribution in [1.29, 1.82) is 0 Å². The van der Waals surface area contributed by atoms with Crippen LogP contribution in [-0.2, 0) is 17.6 Å². The zero-order valence-corrected chi connectivity index (χ0v) is 16.9. The fraction of sp³-hybridized carbons (Fsp3) is 0.458. The quantitative estimate of drug-likeness (QED) is 0.748. The van der Waals surface area contributed by atoms with Crippen molar-refractivity contribution >= 4 is 6.09 Å². The summed E-state index contributed by atoms with van der Waals surface area (Å²) in [5, 5.41) is 0. The van der Waals surface area contributed by atoms with Crippen LogP contribution in [0.2, 0.25) is 0 Å². The molecule has 0 aromatic heterocycles. The van der Waals surface area contributed by atoms with Crippen LogP contribution in [0, 0.1) is 0 Å². The van der Waals surface area contributed by atoms with Crippen LogP contribution in [0.1, 0.15) is 30.9 Å². The Morgan fingerprint density at radius 2 is 1.64 bits per heavy atom. The minimum absolute atomic E-state index is 0.135. The van der Waals surface area contributed by atoms with Gasteiger partial charge >= 0.3 is 6.09 Å². The largest absolute Gasteiger partial charge is 0.447 e. The molecule has 4 rings (SSSR count). The number of amides is 1. The molecule has 0 spiro atoms. The molecule has 2 saturated heterocycles. The highest BCUT2D eigenvalue weighted by molar-refractivity contribution is 5.69. The summed E-state index contributed by atoms with van der Waals surface area (Å²) in [5.74, 6) is 0. The second kappa shape index (κ2) is 8.36. The van der Waals surface area contributed by atoms with Crippen molar-refractivity contribution in [3.05, 3.63) is 59.7 Å². The summed E-state index contributed by atoms with van der Waals surface area (Å²) in [6.07, 6.45) is 4.42. The van der Waals surface area contributed by atoms with Crippen LogP contribution in [-0.4, -0.2) is 54.7 Å². The van der Waals surface area contributed by atoms with Gasteiger partial charge in [-0.3, -0.25) is 0 Å². The molecule has 2 unspecified atom stereocenters. The molecule has 0 N–H and O–H groups in total. The van der Waals surface area contributed by atoms with Crippen molar-refractivity contribution < 1.29 is 9.53 Å². The molecule has 2 heterocycles. The van der Waals surface area contributed by atoms with Gasteiger partial charge < -0.3 is 14.5 Å². The fourth-order valence-electron chi connectivity index (χ4n) is 4.29. The van der Waals surface area contributed by atoms with Gasteiger partial charge in [0.05, 0.1) is 6.04 Å². The van der Waals surface area contributed by atoms with Gasteiger partial charge in [-0.2, -0.15) is 0 Å². The van der Waals surface area contributed by atoms with E-state index in [4.69, 9.17) is 4.74 Å². The molecule has 2 aromatic rings. The Hall–Kier alpha value is -2.33. The number of ether oxygens (including phenoxy) is 1. The first kappa shape index (κ1) is 19.0. The van der Waals surface area contributed by atoms with E-state index < -0.39 is 0 Å². The molecule has 1 amide bonds. The molecule has 2 aliphatic heterocycles. The summed E-state index contributed by atoms with van der Waals surface area (Å²) in [6, 6.07) is 18.5. The number of cyclic esters (lactones) is 1. The van der Waals surface area contributed by atoms with Crippen LogP contribution >= 0.6 is 0 Å². The number of rotatable bonds is 6. The van der Waals surface area contributed by atoms with Crippen molar-refractivity contribution in [1.82, 2.24) is 9.80 Å². The van der Waals surface area contributed by atoms with Crippen LogP contribution in [0.4, 0.5) is 4.79 Å². The predicted octanol–water partition coefficient (Wildman–Crippen LogP) is 4.37. The van der Waals surface area contributed by atoms with E-state index in [0.717, 1.165) is 25.4 Å². The number of nitrogens with zero attached hydrogens (tertiary/aromatic N) is 2. The van der Waals surface area contributed by atoms with Gasteiger partial charge in [-0.15, -0.1) is 0 Å². The second-order valence-corrected chi connectivity index (χ2v) is 8.22. The van der Waals surface area contributed by atoms with Crippen molar-refractivity contribution in [3.8, 4) is 11.1 Å². The molecule has 2 aliphatic rings. The molecule has 2 aromatic carbocycles. The minimum Gasteiger partial charge on any atom is -0.447 e. The van der Waals surface area contributed by atoms with E-state index in [9.17, 15) is 4.79 Å². The maximum atomic E-state index is 11.5. The molecule has 0 radical (unpaired) electrons. The number of carbonyl (C=O) groups is 1. The molecule has 0 aliphatic carbocycles. The molecule has 148 valence electrons. The van der Waals surface area contributed by atoms with E-state index in [-0.39, 0.29) is 12.1 Å². The summed E-state index contributed by atoms with van der Waals surface area (Å²) >= 11 is 0. The van der Waals surface area contributed by atoms with Gasteiger partial charge in [-0.05, 0) is 61.4 Å². The first-order chi connectivity index (χ1) is 13.6. The van der Waals surface area contributed by atoms with Crippen molar-refractivity contribution in [2.45, 2.75) is 44.7 Å². The van der Waals surface area contributed by atoms with Gasteiger partial charge in [0.1, 0.15) is 6.61 Å². The zero-order valence-electron chi connectivity index (χ0n) is 16.9. The average molecular weight is 379 g/mol. The zero-order chi connectivity index (χ0) is 19.5. The van der Waals surface area contributed by atoms with Crippen molar-refractivity contribution in [2.24, 2.45) is 0 Å². The lowest BCUT2D eigenvalue weighted by Crippen LogP contribution is -2.30.